The molecule has 0 aliphatic carbocycles. The number of halogens is 1. The van der Waals surface area contributed by atoms with Gasteiger partial charge in [0.2, 0.25) is 0 Å². The van der Waals surface area contributed by atoms with Crippen molar-refractivity contribution in [1.29, 1.82) is 0 Å². The van der Waals surface area contributed by atoms with E-state index in [-0.39, 0.29) is 11.8 Å². The molecule has 0 atom stereocenters. The number of amides is 2. The van der Waals surface area contributed by atoms with E-state index < -0.39 is 0 Å². The van der Waals surface area contributed by atoms with E-state index in [1.165, 1.54) is 23.3 Å². The fourth-order valence-electron chi connectivity index (χ4n) is 5.18. The molecule has 0 spiro atoms. The van der Waals surface area contributed by atoms with Gasteiger partial charge >= 0.3 is 6.03 Å². The lowest BCUT2D eigenvalue weighted by molar-refractivity contribution is 0.205. The number of aryl methyl sites for hydroxylation is 1. The molecule has 0 unspecified atom stereocenters. The molecule has 1 N–H and O–H groups in total. The number of aromatic nitrogens is 3. The van der Waals surface area contributed by atoms with E-state index in [2.05, 4.69) is 50.4 Å². The summed E-state index contributed by atoms with van der Waals surface area (Å²) < 4.78 is 17.6. The van der Waals surface area contributed by atoms with Crippen molar-refractivity contribution in [1.82, 2.24) is 29.5 Å². The zero-order chi connectivity index (χ0) is 24.6. The highest BCUT2D eigenvalue weighted by atomic mass is 19.1. The second-order valence-corrected chi connectivity index (χ2v) is 9.49. The van der Waals surface area contributed by atoms with Gasteiger partial charge in [0, 0.05) is 80.9 Å². The van der Waals surface area contributed by atoms with Crippen molar-refractivity contribution < 1.29 is 9.18 Å². The number of nitrogens with one attached hydrogen (secondary N) is 1. The smallest absolute Gasteiger partial charge is 0.317 e. The van der Waals surface area contributed by atoms with Gasteiger partial charge in [-0.3, -0.25) is 9.58 Å². The maximum absolute atomic E-state index is 13.6. The van der Waals surface area contributed by atoms with Crippen LogP contribution in [0.5, 0.6) is 0 Å². The Labute approximate surface area is 209 Å². The number of urea groups is 1. The molecule has 4 aromatic rings. The minimum Gasteiger partial charge on any atom is -0.336 e. The summed E-state index contributed by atoms with van der Waals surface area (Å²) in [6, 6.07) is 15.1. The lowest BCUT2D eigenvalue weighted by Gasteiger charge is -2.28. The van der Waals surface area contributed by atoms with Crippen LogP contribution in [0.15, 0.2) is 67.0 Å². The third kappa shape index (κ3) is 4.28. The van der Waals surface area contributed by atoms with Crippen LogP contribution in [0.3, 0.4) is 0 Å². The lowest BCUT2D eigenvalue weighted by Crippen LogP contribution is -2.38. The Hall–Kier alpha value is -3.91. The number of rotatable bonds is 6. The molecule has 36 heavy (non-hydrogen) atoms. The van der Waals surface area contributed by atoms with Gasteiger partial charge in [0.05, 0.1) is 11.2 Å². The normalized spacial score (nSPS) is 16.6. The van der Waals surface area contributed by atoms with Crippen molar-refractivity contribution in [2.24, 2.45) is 7.05 Å². The van der Waals surface area contributed by atoms with Gasteiger partial charge in [0.1, 0.15) is 5.82 Å². The largest absolute Gasteiger partial charge is 0.336 e. The van der Waals surface area contributed by atoms with Crippen molar-refractivity contribution >= 4 is 22.5 Å². The molecule has 2 aliphatic heterocycles. The maximum atomic E-state index is 13.6. The van der Waals surface area contributed by atoms with Gasteiger partial charge in [-0.15, -0.1) is 0 Å². The molecule has 184 valence electrons. The topological polar surface area (TPSA) is 58.3 Å². The molecule has 0 saturated carbocycles. The Balaban J connectivity index is 1.33. The van der Waals surface area contributed by atoms with E-state index in [9.17, 15) is 9.18 Å². The summed E-state index contributed by atoms with van der Waals surface area (Å²) in [5.74, 6) is -0.241. The van der Waals surface area contributed by atoms with E-state index in [1.54, 1.807) is 0 Å². The van der Waals surface area contributed by atoms with Crippen LogP contribution in [0, 0.1) is 5.82 Å². The number of hydrogen-bond acceptors (Lipinski definition) is 3. The average molecular weight is 485 g/mol. The Morgan fingerprint density at radius 3 is 2.61 bits per heavy atom. The quantitative estimate of drug-likeness (QED) is 0.444. The van der Waals surface area contributed by atoms with E-state index in [4.69, 9.17) is 0 Å². The molecule has 8 heteroatoms. The monoisotopic (exact) mass is 484 g/mol. The van der Waals surface area contributed by atoms with Gasteiger partial charge in [-0.1, -0.05) is 12.1 Å². The van der Waals surface area contributed by atoms with E-state index in [1.807, 2.05) is 41.0 Å². The highest BCUT2D eigenvalue weighted by Gasteiger charge is 2.22. The molecular formula is C28H29FN6O. The summed E-state index contributed by atoms with van der Waals surface area (Å²) in [6.07, 6.45) is 7.37. The minimum atomic E-state index is -0.241. The van der Waals surface area contributed by atoms with E-state index in [0.717, 1.165) is 73.5 Å². The number of nitrogens with zero attached hydrogens (tertiary/aromatic N) is 5. The van der Waals surface area contributed by atoms with Crippen molar-refractivity contribution in [3.8, 4) is 16.9 Å². The van der Waals surface area contributed by atoms with Crippen LogP contribution in [-0.4, -0.2) is 69.4 Å². The van der Waals surface area contributed by atoms with Gasteiger partial charge in [-0.05, 0) is 54.5 Å². The van der Waals surface area contributed by atoms with Crippen molar-refractivity contribution in [3.63, 3.8) is 0 Å². The van der Waals surface area contributed by atoms with Crippen LogP contribution in [0.2, 0.25) is 0 Å². The number of carbonyl (C=O) groups excluding carboxylic acids is 1. The van der Waals surface area contributed by atoms with Crippen LogP contribution in [-0.2, 0) is 7.05 Å². The van der Waals surface area contributed by atoms with E-state index in [0.29, 0.717) is 0 Å². The molecule has 6 rings (SSSR count). The van der Waals surface area contributed by atoms with Gasteiger partial charge in [-0.25, -0.2) is 9.18 Å². The fourth-order valence-corrected chi connectivity index (χ4v) is 5.18. The predicted octanol–water partition coefficient (Wildman–Crippen LogP) is 4.28. The van der Waals surface area contributed by atoms with Crippen molar-refractivity contribution in [2.45, 2.75) is 6.42 Å². The van der Waals surface area contributed by atoms with E-state index >= 15 is 0 Å². The summed E-state index contributed by atoms with van der Waals surface area (Å²) in [6.45, 7) is 4.96. The average Bonchev–Trinajstić information content (AvgIpc) is 3.62. The van der Waals surface area contributed by atoms with Crippen LogP contribution in [0.4, 0.5) is 9.18 Å². The minimum absolute atomic E-state index is 0.0422. The second kappa shape index (κ2) is 9.28. The first kappa shape index (κ1) is 22.5. The molecule has 2 aromatic heterocycles. The number of carbonyl (C=O) groups is 1. The number of benzene rings is 2. The summed E-state index contributed by atoms with van der Waals surface area (Å²) in [5, 5.41) is 8.62. The predicted molar refractivity (Wildman–Crippen MR) is 139 cm³/mol. The zero-order valence-corrected chi connectivity index (χ0v) is 20.3. The van der Waals surface area contributed by atoms with Gasteiger partial charge in [0.15, 0.2) is 0 Å². The molecule has 0 bridgehead atoms. The van der Waals surface area contributed by atoms with Crippen LogP contribution < -0.4 is 5.32 Å². The van der Waals surface area contributed by atoms with Gasteiger partial charge in [0.25, 0.3) is 0 Å². The number of hydrogen-bond donors (Lipinski definition) is 1. The Kier molecular flexibility index (Phi) is 5.81. The molecule has 2 aromatic carbocycles. The molecule has 4 heterocycles. The third-order valence-electron chi connectivity index (χ3n) is 7.19. The summed E-state index contributed by atoms with van der Waals surface area (Å²) in [7, 11) is 1.92. The molecule has 2 amide bonds. The van der Waals surface area contributed by atoms with Crippen LogP contribution in [0.1, 0.15) is 12.0 Å². The molecular weight excluding hydrogens is 455 g/mol. The summed E-state index contributed by atoms with van der Waals surface area (Å²) >= 11 is 0. The van der Waals surface area contributed by atoms with Crippen LogP contribution >= 0.6 is 0 Å². The molecule has 7 nitrogen and oxygen atoms in total. The maximum Gasteiger partial charge on any atom is 0.317 e. The first-order valence-electron chi connectivity index (χ1n) is 12.4. The second-order valence-electron chi connectivity index (χ2n) is 9.49. The van der Waals surface area contributed by atoms with Crippen molar-refractivity contribution in [3.05, 3.63) is 78.4 Å². The highest BCUT2D eigenvalue weighted by molar-refractivity contribution is 5.96. The Morgan fingerprint density at radius 2 is 1.92 bits per heavy atom. The third-order valence-corrected chi connectivity index (χ3v) is 7.19. The molecule has 0 radical (unpaired) electrons. The van der Waals surface area contributed by atoms with Crippen molar-refractivity contribution in [2.75, 3.05) is 39.3 Å². The fraction of sp³-hybridized carbons (Fsp3) is 0.286. The molecule has 1 fully saturated rings. The first-order valence-corrected chi connectivity index (χ1v) is 12.4. The van der Waals surface area contributed by atoms with Crippen LogP contribution in [0.25, 0.3) is 33.4 Å². The van der Waals surface area contributed by atoms with Gasteiger partial charge in [-0.2, -0.15) is 5.10 Å². The zero-order valence-electron chi connectivity index (χ0n) is 20.3. The Morgan fingerprint density at radius 1 is 1.06 bits per heavy atom. The van der Waals surface area contributed by atoms with Gasteiger partial charge < -0.3 is 14.8 Å². The summed E-state index contributed by atoms with van der Waals surface area (Å²) in [4.78, 5) is 16.1. The SMILES string of the molecule is Cn1ccc(-c2ccc3c(c2)c(C2=CCN(CCN4CCNC4=O)CC2)cn3-c2ccc(F)cc2)n1. The molecule has 1 saturated heterocycles. The standard InChI is InChI=1S/C28H29FN6O/c1-32-12-10-26(31-32)21-2-7-27-24(18-21)25(19-35(27)23-5-3-22(29)4-6-23)20-8-13-33(14-9-20)16-17-34-15-11-30-28(34)36/h2-8,10,12,18-19H,9,11,13-17H2,1H3,(H,30,36). The first-order chi connectivity index (χ1) is 17.5. The Bertz CT molecular complexity index is 1450. The number of fused-ring (bicyclic) bond motifs is 1. The summed E-state index contributed by atoms with van der Waals surface area (Å²) in [5.41, 5.74) is 6.54. The molecule has 2 aliphatic rings. The highest BCUT2D eigenvalue weighted by Crippen LogP contribution is 2.35. The lowest BCUT2D eigenvalue weighted by atomic mass is 9.97.